The summed E-state index contributed by atoms with van der Waals surface area (Å²) in [6.07, 6.45) is 0. The fourth-order valence-electron chi connectivity index (χ4n) is 1.79. The summed E-state index contributed by atoms with van der Waals surface area (Å²) in [6.45, 7) is 0.327. The fourth-order valence-corrected chi connectivity index (χ4v) is 2.30. The summed E-state index contributed by atoms with van der Waals surface area (Å²) in [6, 6.07) is 10.7. The lowest BCUT2D eigenvalue weighted by Crippen LogP contribution is -2.11. The van der Waals surface area contributed by atoms with Gasteiger partial charge in [-0.2, -0.15) is 0 Å². The number of hydrogen-bond acceptors (Lipinski definition) is 3. The summed E-state index contributed by atoms with van der Waals surface area (Å²) in [5.41, 5.74) is 7.23. The Morgan fingerprint density at radius 1 is 1.19 bits per heavy atom. The average Bonchev–Trinajstić information content (AvgIpc) is 2.48. The van der Waals surface area contributed by atoms with Crippen LogP contribution in [-0.4, -0.2) is 12.1 Å². The van der Waals surface area contributed by atoms with Crippen molar-refractivity contribution in [1.29, 1.82) is 0 Å². The van der Waals surface area contributed by atoms with Gasteiger partial charge < -0.3 is 15.2 Å². The minimum atomic E-state index is 0.289. The van der Waals surface area contributed by atoms with Crippen LogP contribution in [0, 0.1) is 0 Å². The molecule has 0 unspecified atom stereocenters. The second-order valence-corrected chi connectivity index (χ2v) is 5.46. The molecule has 2 N–H and O–H groups in total. The minimum absolute atomic E-state index is 0.289. The first-order valence-electron chi connectivity index (χ1n) is 6.06. The van der Waals surface area contributed by atoms with E-state index in [1.807, 2.05) is 12.1 Å². The van der Waals surface area contributed by atoms with Crippen LogP contribution in [0.25, 0.3) is 0 Å². The molecule has 2 rings (SSSR count). The van der Waals surface area contributed by atoms with Crippen LogP contribution in [0.5, 0.6) is 11.5 Å². The Hall–Kier alpha value is -1.49. The standard InChI is InChI=1S/C15H13Cl2NO2S/c1-19-13-7-9(5-6-10(13)15(18)21)8-20-12-4-2-3-11(16)14(12)17/h2-7H,8H2,1H3,(H2,18,21). The molecule has 3 nitrogen and oxygen atoms in total. The van der Waals surface area contributed by atoms with Crippen molar-refractivity contribution in [2.24, 2.45) is 5.73 Å². The van der Waals surface area contributed by atoms with Crippen LogP contribution in [0.15, 0.2) is 36.4 Å². The van der Waals surface area contributed by atoms with Crippen molar-refractivity contribution in [3.63, 3.8) is 0 Å². The van der Waals surface area contributed by atoms with Crippen LogP contribution in [0.2, 0.25) is 10.0 Å². The summed E-state index contributed by atoms with van der Waals surface area (Å²) in [4.78, 5) is 0.289. The third kappa shape index (κ3) is 3.79. The van der Waals surface area contributed by atoms with E-state index in [1.165, 1.54) is 0 Å². The molecule has 0 saturated heterocycles. The highest BCUT2D eigenvalue weighted by atomic mass is 35.5. The molecule has 0 aliphatic heterocycles. The molecule has 0 radical (unpaired) electrons. The summed E-state index contributed by atoms with van der Waals surface area (Å²) in [7, 11) is 1.57. The van der Waals surface area contributed by atoms with Crippen molar-refractivity contribution in [2.75, 3.05) is 7.11 Å². The van der Waals surface area contributed by atoms with Gasteiger partial charge in [0.15, 0.2) is 0 Å². The van der Waals surface area contributed by atoms with Crippen LogP contribution in [0.4, 0.5) is 0 Å². The van der Waals surface area contributed by atoms with Gasteiger partial charge >= 0.3 is 0 Å². The molecule has 0 spiro atoms. The van der Waals surface area contributed by atoms with Gasteiger partial charge in [-0.05, 0) is 29.8 Å². The maximum absolute atomic E-state index is 6.07. The normalized spacial score (nSPS) is 10.2. The van der Waals surface area contributed by atoms with Crippen LogP contribution in [-0.2, 0) is 6.61 Å². The van der Waals surface area contributed by atoms with Crippen LogP contribution < -0.4 is 15.2 Å². The lowest BCUT2D eigenvalue weighted by molar-refractivity contribution is 0.305. The molecular formula is C15H13Cl2NO2S. The zero-order valence-electron chi connectivity index (χ0n) is 11.2. The van der Waals surface area contributed by atoms with E-state index in [0.717, 1.165) is 5.56 Å². The molecule has 0 fully saturated rings. The van der Waals surface area contributed by atoms with Crippen molar-refractivity contribution in [1.82, 2.24) is 0 Å². The predicted molar refractivity (Wildman–Crippen MR) is 89.7 cm³/mol. The number of rotatable bonds is 5. The lowest BCUT2D eigenvalue weighted by Gasteiger charge is -2.12. The monoisotopic (exact) mass is 341 g/mol. The van der Waals surface area contributed by atoms with Gasteiger partial charge in [-0.1, -0.05) is 47.6 Å². The molecule has 0 aromatic heterocycles. The van der Waals surface area contributed by atoms with Crippen molar-refractivity contribution >= 4 is 40.4 Å². The summed E-state index contributed by atoms with van der Waals surface area (Å²) < 4.78 is 10.9. The maximum Gasteiger partial charge on any atom is 0.139 e. The first kappa shape index (κ1) is 15.9. The topological polar surface area (TPSA) is 44.5 Å². The largest absolute Gasteiger partial charge is 0.496 e. The van der Waals surface area contributed by atoms with Gasteiger partial charge in [0.1, 0.15) is 28.1 Å². The highest BCUT2D eigenvalue weighted by molar-refractivity contribution is 7.80. The first-order valence-corrected chi connectivity index (χ1v) is 7.23. The van der Waals surface area contributed by atoms with Gasteiger partial charge in [-0.25, -0.2) is 0 Å². The van der Waals surface area contributed by atoms with E-state index >= 15 is 0 Å². The van der Waals surface area contributed by atoms with Crippen LogP contribution >= 0.6 is 35.4 Å². The van der Waals surface area contributed by atoms with Gasteiger partial charge in [0, 0.05) is 0 Å². The third-order valence-corrected chi connectivity index (χ3v) is 3.86. The summed E-state index contributed by atoms with van der Waals surface area (Å²) in [5.74, 6) is 1.14. The van der Waals surface area contributed by atoms with E-state index in [-0.39, 0.29) is 4.99 Å². The van der Waals surface area contributed by atoms with Gasteiger partial charge in [0.2, 0.25) is 0 Å². The van der Waals surface area contributed by atoms with Crippen LogP contribution in [0.1, 0.15) is 11.1 Å². The van der Waals surface area contributed by atoms with E-state index in [2.05, 4.69) is 0 Å². The van der Waals surface area contributed by atoms with E-state index < -0.39 is 0 Å². The third-order valence-electron chi connectivity index (χ3n) is 2.84. The molecule has 2 aromatic carbocycles. The Kier molecular flexibility index (Phi) is 5.28. The Labute approximate surface area is 138 Å². The molecule has 0 amide bonds. The van der Waals surface area contributed by atoms with Crippen LogP contribution in [0.3, 0.4) is 0 Å². The zero-order valence-corrected chi connectivity index (χ0v) is 13.6. The Bertz CT molecular complexity index is 677. The number of nitrogens with two attached hydrogens (primary N) is 1. The van der Waals surface area contributed by atoms with Gasteiger partial charge in [0.25, 0.3) is 0 Å². The number of ether oxygens (including phenoxy) is 2. The average molecular weight is 342 g/mol. The van der Waals surface area contributed by atoms with Crippen molar-refractivity contribution < 1.29 is 9.47 Å². The smallest absolute Gasteiger partial charge is 0.139 e. The molecule has 0 aliphatic carbocycles. The number of thiocarbonyl (C=S) groups is 1. The van der Waals surface area contributed by atoms with Crippen molar-refractivity contribution in [2.45, 2.75) is 6.61 Å². The van der Waals surface area contributed by atoms with Crippen molar-refractivity contribution in [3.05, 3.63) is 57.6 Å². The van der Waals surface area contributed by atoms with Gasteiger partial charge in [0.05, 0.1) is 17.7 Å². The molecular weight excluding hydrogens is 329 g/mol. The van der Waals surface area contributed by atoms with Gasteiger partial charge in [-0.3, -0.25) is 0 Å². The highest BCUT2D eigenvalue weighted by Gasteiger charge is 2.09. The number of methoxy groups -OCH3 is 1. The Morgan fingerprint density at radius 2 is 1.95 bits per heavy atom. The molecule has 2 aromatic rings. The molecule has 0 saturated carbocycles. The summed E-state index contributed by atoms with van der Waals surface area (Å²) >= 11 is 17.0. The SMILES string of the molecule is COc1cc(COc2cccc(Cl)c2Cl)ccc1C(N)=S. The number of halogens is 2. The highest BCUT2D eigenvalue weighted by Crippen LogP contribution is 2.32. The molecule has 0 bridgehead atoms. The Balaban J connectivity index is 2.17. The summed E-state index contributed by atoms with van der Waals surface area (Å²) in [5, 5.41) is 0.849. The van der Waals surface area contributed by atoms with Crippen molar-refractivity contribution in [3.8, 4) is 11.5 Å². The molecule has 0 heterocycles. The lowest BCUT2D eigenvalue weighted by atomic mass is 10.1. The van der Waals surface area contributed by atoms with E-state index in [4.69, 9.17) is 50.6 Å². The number of benzene rings is 2. The fraction of sp³-hybridized carbons (Fsp3) is 0.133. The van der Waals surface area contributed by atoms with E-state index in [0.29, 0.717) is 33.7 Å². The Morgan fingerprint density at radius 3 is 2.62 bits per heavy atom. The zero-order chi connectivity index (χ0) is 15.4. The molecule has 0 aliphatic rings. The minimum Gasteiger partial charge on any atom is -0.496 e. The number of hydrogen-bond donors (Lipinski definition) is 1. The first-order chi connectivity index (χ1) is 10.0. The molecule has 21 heavy (non-hydrogen) atoms. The van der Waals surface area contributed by atoms with Gasteiger partial charge in [-0.15, -0.1) is 0 Å². The molecule has 110 valence electrons. The second-order valence-electron chi connectivity index (χ2n) is 4.24. The van der Waals surface area contributed by atoms with E-state index in [9.17, 15) is 0 Å². The van der Waals surface area contributed by atoms with E-state index in [1.54, 1.807) is 31.4 Å². The quantitative estimate of drug-likeness (QED) is 0.827. The predicted octanol–water partition coefficient (Wildman–Crippen LogP) is 4.22. The molecule has 6 heteroatoms. The molecule has 0 atom stereocenters. The maximum atomic E-state index is 6.07. The second kappa shape index (κ2) is 6.98.